The number of alkyl halides is 3. The normalized spacial score (nSPS) is 12.0. The van der Waals surface area contributed by atoms with Crippen molar-refractivity contribution >= 4 is 79.7 Å². The molecule has 0 saturated carbocycles. The maximum Gasteiger partial charge on any atom is 0.252 e. The Morgan fingerprint density at radius 2 is 1.71 bits per heavy atom. The summed E-state index contributed by atoms with van der Waals surface area (Å²) in [5.74, 6) is 0.327. The summed E-state index contributed by atoms with van der Waals surface area (Å²) in [6.45, 7) is 2.49. The minimum Gasteiger partial charge on any atom is -0.494 e. The van der Waals surface area contributed by atoms with Crippen LogP contribution in [0.4, 0.5) is 5.69 Å². The number of amides is 1. The number of hydrogen-bond acceptors (Lipinski definition) is 3. The third-order valence-electron chi connectivity index (χ3n) is 3.41. The fraction of sp³-hybridized carbons (Fsp3) is 0.222. The largest absolute Gasteiger partial charge is 0.494 e. The van der Waals surface area contributed by atoms with Gasteiger partial charge in [0.05, 0.1) is 6.61 Å². The van der Waals surface area contributed by atoms with Crippen LogP contribution in [0, 0.1) is 0 Å². The molecule has 0 aromatic heterocycles. The van der Waals surface area contributed by atoms with E-state index in [1.807, 2.05) is 6.92 Å². The summed E-state index contributed by atoms with van der Waals surface area (Å²) in [6, 6.07) is 14.0. The van der Waals surface area contributed by atoms with Crippen LogP contribution >= 0.6 is 63.0 Å². The molecular formula is C18H17BrCl3N3O2S. The van der Waals surface area contributed by atoms with E-state index in [4.69, 9.17) is 51.8 Å². The third kappa shape index (κ3) is 7.29. The van der Waals surface area contributed by atoms with Gasteiger partial charge >= 0.3 is 0 Å². The lowest BCUT2D eigenvalue weighted by atomic mass is 10.2. The number of rotatable bonds is 6. The van der Waals surface area contributed by atoms with Crippen molar-refractivity contribution in [1.29, 1.82) is 0 Å². The average Bonchev–Trinajstić information content (AvgIpc) is 2.62. The fourth-order valence-electron chi connectivity index (χ4n) is 2.11. The van der Waals surface area contributed by atoms with Gasteiger partial charge in [0.25, 0.3) is 5.91 Å². The molecule has 0 unspecified atom stereocenters. The maximum absolute atomic E-state index is 12.4. The molecular weight excluding hydrogens is 509 g/mol. The zero-order valence-electron chi connectivity index (χ0n) is 14.6. The predicted octanol–water partition coefficient (Wildman–Crippen LogP) is 5.26. The molecule has 2 aromatic rings. The molecule has 0 fully saturated rings. The molecule has 0 spiro atoms. The van der Waals surface area contributed by atoms with E-state index in [0.717, 1.165) is 10.2 Å². The third-order valence-corrected chi connectivity index (χ3v) is 4.81. The van der Waals surface area contributed by atoms with Gasteiger partial charge in [-0.15, -0.1) is 0 Å². The average molecular weight is 526 g/mol. The summed E-state index contributed by atoms with van der Waals surface area (Å²) in [5, 5.41) is 8.58. The van der Waals surface area contributed by atoms with E-state index in [9.17, 15) is 4.79 Å². The minimum atomic E-state index is -1.84. The van der Waals surface area contributed by atoms with E-state index >= 15 is 0 Å². The van der Waals surface area contributed by atoms with Crippen LogP contribution in [-0.4, -0.2) is 27.6 Å². The van der Waals surface area contributed by atoms with Gasteiger partial charge in [-0.3, -0.25) is 4.79 Å². The van der Waals surface area contributed by atoms with Crippen LogP contribution in [0.3, 0.4) is 0 Å². The van der Waals surface area contributed by atoms with Crippen LogP contribution in [0.2, 0.25) is 0 Å². The van der Waals surface area contributed by atoms with E-state index in [2.05, 4.69) is 31.9 Å². The summed E-state index contributed by atoms with van der Waals surface area (Å²) in [4.78, 5) is 12.4. The first-order valence-corrected chi connectivity index (χ1v) is 10.5. The number of anilines is 1. The molecule has 1 amide bonds. The summed E-state index contributed by atoms with van der Waals surface area (Å²) in [7, 11) is 0. The van der Waals surface area contributed by atoms with Crippen LogP contribution in [0.15, 0.2) is 53.0 Å². The van der Waals surface area contributed by atoms with Gasteiger partial charge in [-0.05, 0) is 67.7 Å². The molecule has 10 heteroatoms. The van der Waals surface area contributed by atoms with Gasteiger partial charge in [0, 0.05) is 15.7 Å². The van der Waals surface area contributed by atoms with Gasteiger partial charge in [0.2, 0.25) is 3.79 Å². The van der Waals surface area contributed by atoms with Gasteiger partial charge in [-0.1, -0.05) is 50.7 Å². The van der Waals surface area contributed by atoms with Crippen LogP contribution in [0.25, 0.3) is 0 Å². The first-order valence-electron chi connectivity index (χ1n) is 8.12. The number of halogens is 4. The Morgan fingerprint density at radius 1 is 1.11 bits per heavy atom. The number of carbonyl (C=O) groups excluding carboxylic acids is 1. The number of nitrogens with one attached hydrogen (secondary N) is 3. The number of thiocarbonyl (C=S) groups is 1. The van der Waals surface area contributed by atoms with E-state index in [-0.39, 0.29) is 5.11 Å². The summed E-state index contributed by atoms with van der Waals surface area (Å²) in [5.41, 5.74) is 1.12. The summed E-state index contributed by atoms with van der Waals surface area (Å²) in [6.07, 6.45) is -1.06. The van der Waals surface area contributed by atoms with E-state index in [1.54, 1.807) is 48.5 Å². The number of benzene rings is 2. The van der Waals surface area contributed by atoms with E-state index in [0.29, 0.717) is 17.9 Å². The van der Waals surface area contributed by atoms with Crippen molar-refractivity contribution in [3.63, 3.8) is 0 Å². The Morgan fingerprint density at radius 3 is 2.25 bits per heavy atom. The second kappa shape index (κ2) is 10.5. The Balaban J connectivity index is 2.01. The monoisotopic (exact) mass is 523 g/mol. The fourth-order valence-corrected chi connectivity index (χ4v) is 2.94. The first-order chi connectivity index (χ1) is 13.2. The molecule has 0 saturated heterocycles. The van der Waals surface area contributed by atoms with Gasteiger partial charge in [-0.25, -0.2) is 0 Å². The molecule has 0 heterocycles. The minimum absolute atomic E-state index is 0.177. The van der Waals surface area contributed by atoms with Crippen LogP contribution in [0.1, 0.15) is 17.3 Å². The quantitative estimate of drug-likeness (QED) is 0.273. The van der Waals surface area contributed by atoms with Crippen molar-refractivity contribution in [2.24, 2.45) is 0 Å². The number of ether oxygens (including phenoxy) is 1. The van der Waals surface area contributed by atoms with Crippen molar-refractivity contribution < 1.29 is 9.53 Å². The standard InChI is InChI=1S/C18H17BrCl3N3O2S/c1-2-27-14-9-7-13(8-10-14)23-17(28)25-16(18(20,21)22)24-15(26)11-3-5-12(19)6-4-11/h3-10,16H,2H2,1H3,(H,24,26)(H2,23,25,28)/t16-/m1/s1. The van der Waals surface area contributed by atoms with E-state index < -0.39 is 15.9 Å². The molecule has 0 bridgehead atoms. The molecule has 1 atom stereocenters. The molecule has 2 aromatic carbocycles. The molecule has 0 radical (unpaired) electrons. The summed E-state index contributed by atoms with van der Waals surface area (Å²) >= 11 is 26.6. The lowest BCUT2D eigenvalue weighted by Crippen LogP contribution is -2.56. The number of hydrogen-bond donors (Lipinski definition) is 3. The van der Waals surface area contributed by atoms with Crippen molar-refractivity contribution in [1.82, 2.24) is 10.6 Å². The van der Waals surface area contributed by atoms with Crippen LogP contribution in [-0.2, 0) is 0 Å². The molecule has 28 heavy (non-hydrogen) atoms. The van der Waals surface area contributed by atoms with Crippen molar-refractivity contribution in [2.75, 3.05) is 11.9 Å². The van der Waals surface area contributed by atoms with Gasteiger partial charge < -0.3 is 20.7 Å². The second-order valence-corrected chi connectivity index (χ2v) is 9.20. The zero-order chi connectivity index (χ0) is 20.7. The first kappa shape index (κ1) is 23.0. The lowest BCUT2D eigenvalue weighted by molar-refractivity contribution is 0.0934. The Bertz CT molecular complexity index is 814. The molecule has 2 rings (SSSR count). The Labute approximate surface area is 192 Å². The van der Waals surface area contributed by atoms with Gasteiger partial charge in [0.1, 0.15) is 11.9 Å². The lowest BCUT2D eigenvalue weighted by Gasteiger charge is -2.27. The maximum atomic E-state index is 12.4. The van der Waals surface area contributed by atoms with Crippen molar-refractivity contribution in [2.45, 2.75) is 16.9 Å². The highest BCUT2D eigenvalue weighted by Gasteiger charge is 2.34. The highest BCUT2D eigenvalue weighted by molar-refractivity contribution is 9.10. The molecule has 0 aliphatic rings. The van der Waals surface area contributed by atoms with E-state index in [1.165, 1.54) is 0 Å². The number of carbonyl (C=O) groups is 1. The second-order valence-electron chi connectivity index (χ2n) is 5.51. The molecule has 0 aliphatic carbocycles. The van der Waals surface area contributed by atoms with Crippen LogP contribution < -0.4 is 20.7 Å². The smallest absolute Gasteiger partial charge is 0.252 e. The van der Waals surface area contributed by atoms with Crippen molar-refractivity contribution in [3.8, 4) is 5.75 Å². The van der Waals surface area contributed by atoms with Gasteiger partial charge in [-0.2, -0.15) is 0 Å². The molecule has 150 valence electrons. The summed E-state index contributed by atoms with van der Waals surface area (Å²) < 4.78 is 4.40. The zero-order valence-corrected chi connectivity index (χ0v) is 19.3. The SMILES string of the molecule is CCOc1ccc(NC(=S)N[C@@H](NC(=O)c2ccc(Br)cc2)C(Cl)(Cl)Cl)cc1. The molecule has 0 aliphatic heterocycles. The molecule has 5 nitrogen and oxygen atoms in total. The van der Waals surface area contributed by atoms with Crippen LogP contribution in [0.5, 0.6) is 5.75 Å². The predicted molar refractivity (Wildman–Crippen MR) is 123 cm³/mol. The highest BCUT2D eigenvalue weighted by Crippen LogP contribution is 2.29. The Kier molecular flexibility index (Phi) is 8.64. The topological polar surface area (TPSA) is 62.4 Å². The Hall–Kier alpha value is -1.25. The van der Waals surface area contributed by atoms with Crippen molar-refractivity contribution in [3.05, 3.63) is 58.6 Å². The highest BCUT2D eigenvalue weighted by atomic mass is 79.9. The van der Waals surface area contributed by atoms with Gasteiger partial charge in [0.15, 0.2) is 5.11 Å². The molecule has 3 N–H and O–H groups in total.